The van der Waals surface area contributed by atoms with Gasteiger partial charge >= 0.3 is 0 Å². The molecule has 0 aliphatic carbocycles. The number of nitrogens with zero attached hydrogens (tertiary/aromatic N) is 2. The average molecular weight is 188 g/mol. The number of rotatable bonds is 2. The monoisotopic (exact) mass is 188 g/mol. The van der Waals surface area contributed by atoms with Crippen molar-refractivity contribution in [3.05, 3.63) is 30.2 Å². The van der Waals surface area contributed by atoms with Crippen LogP contribution in [0, 0.1) is 0 Å². The molecule has 0 unspecified atom stereocenters. The Morgan fingerprint density at radius 1 is 1.43 bits per heavy atom. The molecule has 0 aliphatic rings. The number of pyridine rings is 1. The molecule has 0 spiro atoms. The highest BCUT2D eigenvalue weighted by atomic mass is 15.0. The molecule has 2 heteroatoms. The summed E-state index contributed by atoms with van der Waals surface area (Å²) < 4.78 is 2.26. The fourth-order valence-electron chi connectivity index (χ4n) is 1.89. The molecule has 0 radical (unpaired) electrons. The van der Waals surface area contributed by atoms with Crippen LogP contribution in [0.5, 0.6) is 0 Å². The van der Waals surface area contributed by atoms with Crippen molar-refractivity contribution in [2.24, 2.45) is 0 Å². The van der Waals surface area contributed by atoms with E-state index in [-0.39, 0.29) is 0 Å². The SMILES string of the molecule is CCn1cc(C(C)C)c2ccncc21. The van der Waals surface area contributed by atoms with Gasteiger partial charge in [0.25, 0.3) is 0 Å². The summed E-state index contributed by atoms with van der Waals surface area (Å²) in [6.45, 7) is 7.63. The highest BCUT2D eigenvalue weighted by Crippen LogP contribution is 2.26. The Bertz CT molecular complexity index is 441. The first-order valence-electron chi connectivity index (χ1n) is 5.16. The smallest absolute Gasteiger partial charge is 0.0669 e. The van der Waals surface area contributed by atoms with Crippen LogP contribution in [0.2, 0.25) is 0 Å². The van der Waals surface area contributed by atoms with Crippen LogP contribution in [-0.4, -0.2) is 9.55 Å². The molecule has 2 rings (SSSR count). The van der Waals surface area contributed by atoms with Gasteiger partial charge in [-0.3, -0.25) is 4.98 Å². The van der Waals surface area contributed by atoms with E-state index in [2.05, 4.69) is 42.6 Å². The minimum atomic E-state index is 0.577. The lowest BCUT2D eigenvalue weighted by molar-refractivity contribution is 0.779. The van der Waals surface area contributed by atoms with Crippen LogP contribution in [-0.2, 0) is 6.54 Å². The third kappa shape index (κ3) is 1.31. The van der Waals surface area contributed by atoms with Gasteiger partial charge in [-0.25, -0.2) is 0 Å². The van der Waals surface area contributed by atoms with Gasteiger partial charge in [0.15, 0.2) is 0 Å². The summed E-state index contributed by atoms with van der Waals surface area (Å²) in [4.78, 5) is 4.17. The van der Waals surface area contributed by atoms with Gasteiger partial charge in [-0.15, -0.1) is 0 Å². The molecule has 0 N–H and O–H groups in total. The summed E-state index contributed by atoms with van der Waals surface area (Å²) in [6.07, 6.45) is 6.07. The summed E-state index contributed by atoms with van der Waals surface area (Å²) in [5, 5.41) is 1.34. The van der Waals surface area contributed by atoms with Gasteiger partial charge in [0.2, 0.25) is 0 Å². The Labute approximate surface area is 84.6 Å². The minimum Gasteiger partial charge on any atom is -0.346 e. The first-order valence-corrected chi connectivity index (χ1v) is 5.16. The molecule has 0 aromatic carbocycles. The topological polar surface area (TPSA) is 17.8 Å². The summed E-state index contributed by atoms with van der Waals surface area (Å²) in [6, 6.07) is 2.11. The van der Waals surface area contributed by atoms with Crippen molar-refractivity contribution in [1.29, 1.82) is 0 Å². The van der Waals surface area contributed by atoms with Crippen LogP contribution in [0.4, 0.5) is 0 Å². The highest BCUT2D eigenvalue weighted by molar-refractivity contribution is 5.83. The first kappa shape index (κ1) is 9.25. The molecule has 0 fully saturated rings. The van der Waals surface area contributed by atoms with E-state index in [0.717, 1.165) is 6.54 Å². The highest BCUT2D eigenvalue weighted by Gasteiger charge is 2.09. The Balaban J connectivity index is 2.73. The Morgan fingerprint density at radius 2 is 2.21 bits per heavy atom. The van der Waals surface area contributed by atoms with Crippen molar-refractivity contribution >= 4 is 10.9 Å². The first-order chi connectivity index (χ1) is 6.74. The van der Waals surface area contributed by atoms with E-state index >= 15 is 0 Å². The summed E-state index contributed by atoms with van der Waals surface area (Å²) in [5.74, 6) is 0.577. The van der Waals surface area contributed by atoms with E-state index < -0.39 is 0 Å². The third-order valence-electron chi connectivity index (χ3n) is 2.68. The zero-order chi connectivity index (χ0) is 10.1. The summed E-state index contributed by atoms with van der Waals surface area (Å²) in [5.41, 5.74) is 2.67. The minimum absolute atomic E-state index is 0.577. The van der Waals surface area contributed by atoms with Gasteiger partial charge in [0, 0.05) is 24.3 Å². The van der Waals surface area contributed by atoms with Crippen LogP contribution in [0.15, 0.2) is 24.7 Å². The molecule has 0 saturated heterocycles. The van der Waals surface area contributed by atoms with Gasteiger partial charge in [-0.2, -0.15) is 0 Å². The third-order valence-corrected chi connectivity index (χ3v) is 2.68. The molecule has 0 aliphatic heterocycles. The standard InChI is InChI=1S/C12H16N2/c1-4-14-8-11(9(2)3)10-5-6-13-7-12(10)14/h5-9H,4H2,1-3H3. The van der Waals surface area contributed by atoms with Gasteiger partial charge in [0.05, 0.1) is 11.7 Å². The molecule has 14 heavy (non-hydrogen) atoms. The predicted octanol–water partition coefficient (Wildman–Crippen LogP) is 3.18. The second-order valence-electron chi connectivity index (χ2n) is 3.92. The number of aromatic nitrogens is 2. The predicted molar refractivity (Wildman–Crippen MR) is 59.5 cm³/mol. The van der Waals surface area contributed by atoms with Crippen LogP contribution in [0.1, 0.15) is 32.3 Å². The maximum Gasteiger partial charge on any atom is 0.0669 e. The Morgan fingerprint density at radius 3 is 2.86 bits per heavy atom. The van der Waals surface area contributed by atoms with E-state index in [0.29, 0.717) is 5.92 Å². The lowest BCUT2D eigenvalue weighted by Crippen LogP contribution is -1.90. The van der Waals surface area contributed by atoms with Crippen molar-refractivity contribution in [3.8, 4) is 0 Å². The zero-order valence-electron chi connectivity index (χ0n) is 8.99. The van der Waals surface area contributed by atoms with E-state index in [1.54, 1.807) is 0 Å². The van der Waals surface area contributed by atoms with Gasteiger partial charge in [-0.05, 0) is 24.5 Å². The van der Waals surface area contributed by atoms with Crippen molar-refractivity contribution in [2.45, 2.75) is 33.2 Å². The molecule has 2 aromatic heterocycles. The quantitative estimate of drug-likeness (QED) is 0.707. The normalized spacial score (nSPS) is 11.4. The van der Waals surface area contributed by atoms with Crippen LogP contribution < -0.4 is 0 Å². The lowest BCUT2D eigenvalue weighted by atomic mass is 10.0. The molecule has 0 amide bonds. The molecule has 2 heterocycles. The van der Waals surface area contributed by atoms with Crippen LogP contribution in [0.3, 0.4) is 0 Å². The van der Waals surface area contributed by atoms with Gasteiger partial charge < -0.3 is 4.57 Å². The number of hydrogen-bond donors (Lipinski definition) is 0. The average Bonchev–Trinajstić information content (AvgIpc) is 2.56. The largest absolute Gasteiger partial charge is 0.346 e. The van der Waals surface area contributed by atoms with Crippen molar-refractivity contribution in [1.82, 2.24) is 9.55 Å². The van der Waals surface area contributed by atoms with E-state index in [4.69, 9.17) is 0 Å². The Kier molecular flexibility index (Phi) is 2.28. The molecular weight excluding hydrogens is 172 g/mol. The summed E-state index contributed by atoms with van der Waals surface area (Å²) >= 11 is 0. The number of aryl methyl sites for hydroxylation is 1. The molecule has 0 bridgehead atoms. The molecule has 0 saturated carbocycles. The maximum atomic E-state index is 4.17. The number of fused-ring (bicyclic) bond motifs is 1. The molecular formula is C12H16N2. The van der Waals surface area contributed by atoms with E-state index in [1.807, 2.05) is 12.4 Å². The van der Waals surface area contributed by atoms with Crippen molar-refractivity contribution < 1.29 is 0 Å². The van der Waals surface area contributed by atoms with Crippen molar-refractivity contribution in [2.75, 3.05) is 0 Å². The number of hydrogen-bond acceptors (Lipinski definition) is 1. The lowest BCUT2D eigenvalue weighted by Gasteiger charge is -2.00. The fraction of sp³-hybridized carbons (Fsp3) is 0.417. The molecule has 74 valence electrons. The van der Waals surface area contributed by atoms with E-state index in [1.165, 1.54) is 16.5 Å². The zero-order valence-corrected chi connectivity index (χ0v) is 8.99. The second-order valence-corrected chi connectivity index (χ2v) is 3.92. The van der Waals surface area contributed by atoms with Crippen molar-refractivity contribution in [3.63, 3.8) is 0 Å². The van der Waals surface area contributed by atoms with Crippen LogP contribution >= 0.6 is 0 Å². The molecule has 0 atom stereocenters. The van der Waals surface area contributed by atoms with Crippen LogP contribution in [0.25, 0.3) is 10.9 Å². The maximum absolute atomic E-state index is 4.17. The second kappa shape index (κ2) is 3.45. The Hall–Kier alpha value is -1.31. The fourth-order valence-corrected chi connectivity index (χ4v) is 1.89. The molecule has 2 nitrogen and oxygen atoms in total. The molecule has 2 aromatic rings. The summed E-state index contributed by atoms with van der Waals surface area (Å²) in [7, 11) is 0. The van der Waals surface area contributed by atoms with Gasteiger partial charge in [-0.1, -0.05) is 13.8 Å². The van der Waals surface area contributed by atoms with E-state index in [9.17, 15) is 0 Å². The van der Waals surface area contributed by atoms with Gasteiger partial charge in [0.1, 0.15) is 0 Å².